The second-order valence-electron chi connectivity index (χ2n) is 7.67. The third kappa shape index (κ3) is 5.94. The maximum absolute atomic E-state index is 12.5. The summed E-state index contributed by atoms with van der Waals surface area (Å²) in [6, 6.07) is 27.3. The molecule has 0 bridgehead atoms. The van der Waals surface area contributed by atoms with Gasteiger partial charge in [-0.2, -0.15) is 5.26 Å². The zero-order chi connectivity index (χ0) is 24.8. The lowest BCUT2D eigenvalue weighted by atomic mass is 10.1. The van der Waals surface area contributed by atoms with E-state index >= 15 is 0 Å². The van der Waals surface area contributed by atoms with E-state index in [9.17, 15) is 14.9 Å². The summed E-state index contributed by atoms with van der Waals surface area (Å²) >= 11 is 3.49. The summed E-state index contributed by atoms with van der Waals surface area (Å²) in [7, 11) is 0. The van der Waals surface area contributed by atoms with Gasteiger partial charge in [-0.1, -0.05) is 48.5 Å². The quantitative estimate of drug-likeness (QED) is 0.213. The second-order valence-corrected chi connectivity index (χ2v) is 8.52. The molecule has 0 aliphatic carbocycles. The SMILES string of the molecule is N#C/C(=C/c1ccc(OCc2ccc3ccccc3c2)c(Br)c1)C(=O)Nc1cccc(C(=O)O)c1. The van der Waals surface area contributed by atoms with Gasteiger partial charge in [-0.25, -0.2) is 4.79 Å². The highest BCUT2D eigenvalue weighted by molar-refractivity contribution is 9.10. The molecule has 0 aliphatic rings. The Morgan fingerprint density at radius 2 is 1.77 bits per heavy atom. The van der Waals surface area contributed by atoms with Gasteiger partial charge >= 0.3 is 5.97 Å². The first-order valence-corrected chi connectivity index (χ1v) is 11.4. The normalized spacial score (nSPS) is 11.0. The van der Waals surface area contributed by atoms with Crippen LogP contribution in [0.15, 0.2) is 95.0 Å². The molecule has 0 unspecified atom stereocenters. The Balaban J connectivity index is 1.45. The number of carboxylic acids is 1. The number of hydrogen-bond donors (Lipinski definition) is 2. The highest BCUT2D eigenvalue weighted by Crippen LogP contribution is 2.28. The number of rotatable bonds is 7. The fraction of sp³-hybridized carbons (Fsp3) is 0.0357. The maximum atomic E-state index is 12.5. The molecule has 0 saturated heterocycles. The minimum atomic E-state index is -1.11. The van der Waals surface area contributed by atoms with E-state index in [1.54, 1.807) is 24.3 Å². The van der Waals surface area contributed by atoms with Gasteiger partial charge in [-0.3, -0.25) is 4.79 Å². The molecule has 4 aromatic carbocycles. The molecule has 7 heteroatoms. The van der Waals surface area contributed by atoms with Crippen LogP contribution in [0.3, 0.4) is 0 Å². The van der Waals surface area contributed by atoms with Gasteiger partial charge in [-0.15, -0.1) is 0 Å². The lowest BCUT2D eigenvalue weighted by Crippen LogP contribution is -2.13. The van der Waals surface area contributed by atoms with E-state index in [-0.39, 0.29) is 16.8 Å². The number of nitriles is 1. The molecule has 2 N–H and O–H groups in total. The van der Waals surface area contributed by atoms with Crippen LogP contribution >= 0.6 is 15.9 Å². The van der Waals surface area contributed by atoms with E-state index in [1.807, 2.05) is 24.3 Å². The van der Waals surface area contributed by atoms with E-state index in [1.165, 1.54) is 29.7 Å². The lowest BCUT2D eigenvalue weighted by Gasteiger charge is -2.10. The molecule has 172 valence electrons. The molecular weight excluding hydrogens is 508 g/mol. The van der Waals surface area contributed by atoms with Crippen LogP contribution in [0.4, 0.5) is 5.69 Å². The molecule has 0 saturated carbocycles. The Bertz CT molecular complexity index is 1500. The van der Waals surface area contributed by atoms with E-state index in [0.717, 1.165) is 10.9 Å². The fourth-order valence-corrected chi connectivity index (χ4v) is 3.97. The monoisotopic (exact) mass is 526 g/mol. The van der Waals surface area contributed by atoms with Gasteiger partial charge < -0.3 is 15.2 Å². The van der Waals surface area contributed by atoms with Crippen molar-refractivity contribution in [1.82, 2.24) is 0 Å². The van der Waals surface area contributed by atoms with Crippen molar-refractivity contribution in [2.45, 2.75) is 6.61 Å². The van der Waals surface area contributed by atoms with Crippen LogP contribution < -0.4 is 10.1 Å². The number of benzene rings is 4. The van der Waals surface area contributed by atoms with Gasteiger partial charge in [0.1, 0.15) is 24.0 Å². The molecule has 6 nitrogen and oxygen atoms in total. The van der Waals surface area contributed by atoms with Gasteiger partial charge in [0.2, 0.25) is 0 Å². The molecule has 0 atom stereocenters. The predicted octanol–water partition coefficient (Wildman–Crippen LogP) is 6.43. The van der Waals surface area contributed by atoms with Gasteiger partial charge in [0.15, 0.2) is 0 Å². The summed E-state index contributed by atoms with van der Waals surface area (Å²) < 4.78 is 6.63. The Morgan fingerprint density at radius 1 is 0.971 bits per heavy atom. The Hall–Kier alpha value is -4.41. The van der Waals surface area contributed by atoms with Crippen molar-refractivity contribution >= 4 is 50.3 Å². The number of fused-ring (bicyclic) bond motifs is 1. The summed E-state index contributed by atoms with van der Waals surface area (Å²) in [5.41, 5.74) is 1.86. The molecule has 0 spiro atoms. The molecule has 0 heterocycles. The highest BCUT2D eigenvalue weighted by Gasteiger charge is 2.12. The number of carbonyl (C=O) groups excluding carboxylic acids is 1. The predicted molar refractivity (Wildman–Crippen MR) is 138 cm³/mol. The number of halogens is 1. The van der Waals surface area contributed by atoms with Crippen molar-refractivity contribution in [1.29, 1.82) is 5.26 Å². The summed E-state index contributed by atoms with van der Waals surface area (Å²) in [5, 5.41) is 23.4. The summed E-state index contributed by atoms with van der Waals surface area (Å²) in [6.07, 6.45) is 1.45. The van der Waals surface area contributed by atoms with Crippen molar-refractivity contribution < 1.29 is 19.4 Å². The number of carbonyl (C=O) groups is 2. The topological polar surface area (TPSA) is 99.4 Å². The number of nitrogens with zero attached hydrogens (tertiary/aromatic N) is 1. The molecule has 0 aromatic heterocycles. The fourth-order valence-electron chi connectivity index (χ4n) is 3.46. The zero-order valence-electron chi connectivity index (χ0n) is 18.4. The van der Waals surface area contributed by atoms with Crippen molar-refractivity contribution in [3.05, 3.63) is 112 Å². The van der Waals surface area contributed by atoms with Gasteiger partial charge in [0, 0.05) is 5.69 Å². The van der Waals surface area contributed by atoms with Crippen molar-refractivity contribution in [2.24, 2.45) is 0 Å². The first kappa shape index (κ1) is 23.7. The smallest absolute Gasteiger partial charge is 0.335 e. The number of aromatic carboxylic acids is 1. The maximum Gasteiger partial charge on any atom is 0.335 e. The van der Waals surface area contributed by atoms with Crippen LogP contribution in [-0.2, 0) is 11.4 Å². The van der Waals surface area contributed by atoms with Crippen LogP contribution in [0.2, 0.25) is 0 Å². The van der Waals surface area contributed by atoms with Crippen LogP contribution in [0, 0.1) is 11.3 Å². The molecule has 35 heavy (non-hydrogen) atoms. The van der Waals surface area contributed by atoms with E-state index in [4.69, 9.17) is 9.84 Å². The number of amides is 1. The lowest BCUT2D eigenvalue weighted by molar-refractivity contribution is -0.112. The molecule has 0 fully saturated rings. The molecule has 0 aliphatic heterocycles. The van der Waals surface area contributed by atoms with Crippen molar-refractivity contribution in [2.75, 3.05) is 5.32 Å². The first-order chi connectivity index (χ1) is 16.9. The van der Waals surface area contributed by atoms with Crippen LogP contribution in [0.5, 0.6) is 5.75 Å². The van der Waals surface area contributed by atoms with Gasteiger partial charge in [0.05, 0.1) is 10.0 Å². The van der Waals surface area contributed by atoms with E-state index < -0.39 is 11.9 Å². The number of anilines is 1. The molecular formula is C28H19BrN2O4. The number of carboxylic acid groups (broad SMARTS) is 1. The standard InChI is InChI=1S/C28H19BrN2O4/c29-25-14-18(12-23(16-30)27(32)31-24-7-3-6-22(15-24)28(33)34)9-11-26(25)35-17-19-8-10-20-4-1-2-5-21(20)13-19/h1-15H,17H2,(H,31,32)(H,33,34)/b23-12-. The molecule has 4 aromatic rings. The minimum Gasteiger partial charge on any atom is -0.488 e. The Morgan fingerprint density at radius 3 is 2.51 bits per heavy atom. The van der Waals surface area contributed by atoms with Crippen LogP contribution in [0.1, 0.15) is 21.5 Å². The average molecular weight is 527 g/mol. The van der Waals surface area contributed by atoms with Gasteiger partial charge in [0.25, 0.3) is 5.91 Å². The van der Waals surface area contributed by atoms with Crippen molar-refractivity contribution in [3.63, 3.8) is 0 Å². The number of ether oxygens (including phenoxy) is 1. The highest BCUT2D eigenvalue weighted by atomic mass is 79.9. The summed E-state index contributed by atoms with van der Waals surface area (Å²) in [5.74, 6) is -1.11. The third-order valence-electron chi connectivity index (χ3n) is 5.21. The minimum absolute atomic E-state index is 0.0356. The first-order valence-electron chi connectivity index (χ1n) is 10.6. The second kappa shape index (κ2) is 10.7. The summed E-state index contributed by atoms with van der Waals surface area (Å²) in [6.45, 7) is 0.389. The van der Waals surface area contributed by atoms with E-state index in [0.29, 0.717) is 22.4 Å². The largest absolute Gasteiger partial charge is 0.488 e. The Kier molecular flexibility index (Phi) is 7.24. The van der Waals surface area contributed by atoms with Gasteiger partial charge in [-0.05, 0) is 80.3 Å². The average Bonchev–Trinajstić information content (AvgIpc) is 2.86. The molecule has 1 amide bonds. The van der Waals surface area contributed by atoms with Crippen LogP contribution in [0.25, 0.3) is 16.8 Å². The Labute approximate surface area is 210 Å². The molecule has 4 rings (SSSR count). The van der Waals surface area contributed by atoms with E-state index in [2.05, 4.69) is 45.5 Å². The van der Waals surface area contributed by atoms with Crippen LogP contribution in [-0.4, -0.2) is 17.0 Å². The zero-order valence-corrected chi connectivity index (χ0v) is 20.0. The number of nitrogens with one attached hydrogen (secondary N) is 1. The number of hydrogen-bond acceptors (Lipinski definition) is 4. The molecule has 0 radical (unpaired) electrons. The van der Waals surface area contributed by atoms with Crippen molar-refractivity contribution in [3.8, 4) is 11.8 Å². The summed E-state index contributed by atoms with van der Waals surface area (Å²) in [4.78, 5) is 23.7. The third-order valence-corrected chi connectivity index (χ3v) is 5.83.